The third-order valence-corrected chi connectivity index (χ3v) is 4.04. The van der Waals surface area contributed by atoms with Crippen LogP contribution < -0.4 is 4.72 Å². The molecule has 0 saturated carbocycles. The Morgan fingerprint density at radius 2 is 1.89 bits per heavy atom. The fraction of sp³-hybridized carbons (Fsp3) is 0.250. The van der Waals surface area contributed by atoms with Gasteiger partial charge in [-0.15, -0.1) is 0 Å². The van der Waals surface area contributed by atoms with E-state index in [0.29, 0.717) is 10.7 Å². The second-order valence-electron chi connectivity index (χ2n) is 4.31. The van der Waals surface area contributed by atoms with Crippen molar-refractivity contribution in [1.82, 2.24) is 9.88 Å². The molecule has 7 heteroatoms. The van der Waals surface area contributed by atoms with Crippen LogP contribution in [-0.4, -0.2) is 19.6 Å². The van der Waals surface area contributed by atoms with Crippen LogP contribution in [-0.2, 0) is 10.0 Å². The minimum atomic E-state index is -3.66. The predicted molar refractivity (Wildman–Crippen MR) is 72.4 cm³/mol. The van der Waals surface area contributed by atoms with E-state index in [1.165, 1.54) is 6.07 Å². The van der Waals surface area contributed by atoms with E-state index in [2.05, 4.69) is 9.88 Å². The molecule has 0 bridgehead atoms. The number of sulfonamides is 1. The van der Waals surface area contributed by atoms with Gasteiger partial charge in [-0.3, -0.25) is 0 Å². The van der Waals surface area contributed by atoms with Gasteiger partial charge in [0.2, 0.25) is 0 Å². The molecular weight excluding hydrogens is 288 g/mol. The highest BCUT2D eigenvalue weighted by Gasteiger charge is 2.21. The fourth-order valence-electron chi connectivity index (χ4n) is 1.51. The summed E-state index contributed by atoms with van der Waals surface area (Å²) in [6, 6.07) is 8.06. The van der Waals surface area contributed by atoms with Crippen molar-refractivity contribution in [1.29, 1.82) is 0 Å². The lowest BCUT2D eigenvalue weighted by Crippen LogP contribution is -2.29. The van der Waals surface area contributed by atoms with Crippen molar-refractivity contribution in [2.45, 2.75) is 25.0 Å². The summed E-state index contributed by atoms with van der Waals surface area (Å²) >= 11 is 5.78. The molecule has 0 aliphatic carbocycles. The first-order valence-electron chi connectivity index (χ1n) is 5.63. The van der Waals surface area contributed by atoms with Gasteiger partial charge in [0.15, 0.2) is 0 Å². The summed E-state index contributed by atoms with van der Waals surface area (Å²) in [5, 5.41) is 4.15. The highest BCUT2D eigenvalue weighted by Crippen LogP contribution is 2.23. The number of hydrogen-bond acceptors (Lipinski definition) is 4. The third-order valence-electron chi connectivity index (χ3n) is 2.28. The number of rotatable bonds is 4. The molecule has 2 aromatic rings. The molecule has 1 aromatic carbocycles. The molecule has 0 aliphatic rings. The molecule has 0 amide bonds. The van der Waals surface area contributed by atoms with Gasteiger partial charge in [-0.2, -0.15) is 0 Å². The average molecular weight is 301 g/mol. The van der Waals surface area contributed by atoms with Crippen LogP contribution in [0.3, 0.4) is 0 Å². The van der Waals surface area contributed by atoms with Gasteiger partial charge in [0.1, 0.15) is 5.69 Å². The van der Waals surface area contributed by atoms with Crippen LogP contribution in [0, 0.1) is 0 Å². The van der Waals surface area contributed by atoms with Crippen molar-refractivity contribution in [2.24, 2.45) is 0 Å². The molecule has 1 aromatic heterocycles. The molecule has 0 aliphatic heterocycles. The van der Waals surface area contributed by atoms with E-state index in [1.807, 2.05) is 0 Å². The summed E-state index contributed by atoms with van der Waals surface area (Å²) in [6.07, 6.45) is 0. The van der Waals surface area contributed by atoms with Gasteiger partial charge in [0.25, 0.3) is 15.1 Å². The minimum absolute atomic E-state index is 0.203. The summed E-state index contributed by atoms with van der Waals surface area (Å²) in [5.74, 6) is 0. The number of benzene rings is 1. The lowest BCUT2D eigenvalue weighted by atomic mass is 10.2. The van der Waals surface area contributed by atoms with Crippen LogP contribution in [0.5, 0.6) is 0 Å². The maximum Gasteiger partial charge on any atom is 0.277 e. The van der Waals surface area contributed by atoms with Crippen LogP contribution in [0.4, 0.5) is 0 Å². The molecule has 0 atom stereocenters. The Bertz CT molecular complexity index is 663. The van der Waals surface area contributed by atoms with Gasteiger partial charge in [0.05, 0.1) is 0 Å². The van der Waals surface area contributed by atoms with Crippen molar-refractivity contribution in [2.75, 3.05) is 0 Å². The van der Waals surface area contributed by atoms with E-state index in [4.69, 9.17) is 16.1 Å². The lowest BCUT2D eigenvalue weighted by Gasteiger charge is -2.05. The van der Waals surface area contributed by atoms with Crippen LogP contribution in [0.25, 0.3) is 11.3 Å². The Hall–Kier alpha value is -1.37. The summed E-state index contributed by atoms with van der Waals surface area (Å²) < 4.78 is 31.1. The average Bonchev–Trinajstić information content (AvgIpc) is 2.78. The second-order valence-corrected chi connectivity index (χ2v) is 6.40. The number of hydrogen-bond donors (Lipinski definition) is 1. The van der Waals surface area contributed by atoms with Gasteiger partial charge >= 0.3 is 0 Å². The smallest absolute Gasteiger partial charge is 0.277 e. The molecule has 19 heavy (non-hydrogen) atoms. The molecule has 0 unspecified atom stereocenters. The number of nitrogens with one attached hydrogen (secondary N) is 1. The first-order chi connectivity index (χ1) is 8.88. The Morgan fingerprint density at radius 1 is 1.26 bits per heavy atom. The molecule has 2 rings (SSSR count). The Balaban J connectivity index is 2.31. The minimum Gasteiger partial charge on any atom is -0.343 e. The van der Waals surface area contributed by atoms with Crippen molar-refractivity contribution >= 4 is 21.6 Å². The molecule has 102 valence electrons. The molecular formula is C12H13ClN2O3S. The monoisotopic (exact) mass is 300 g/mol. The van der Waals surface area contributed by atoms with E-state index in [-0.39, 0.29) is 11.1 Å². The Labute approximate surface area is 116 Å². The Morgan fingerprint density at radius 3 is 2.47 bits per heavy atom. The maximum absolute atomic E-state index is 11.9. The lowest BCUT2D eigenvalue weighted by molar-refractivity contribution is 0.338. The normalized spacial score (nSPS) is 12.0. The summed E-state index contributed by atoms with van der Waals surface area (Å²) in [6.45, 7) is 3.46. The highest BCUT2D eigenvalue weighted by molar-refractivity contribution is 7.89. The van der Waals surface area contributed by atoms with Crippen LogP contribution in [0.2, 0.25) is 5.02 Å². The predicted octanol–water partition coefficient (Wildman–Crippen LogP) is 2.68. The number of aromatic nitrogens is 1. The van der Waals surface area contributed by atoms with Crippen molar-refractivity contribution in [3.8, 4) is 11.3 Å². The van der Waals surface area contributed by atoms with Crippen LogP contribution in [0.15, 0.2) is 39.9 Å². The van der Waals surface area contributed by atoms with Gasteiger partial charge < -0.3 is 4.52 Å². The van der Waals surface area contributed by atoms with Crippen molar-refractivity contribution in [3.63, 3.8) is 0 Å². The zero-order chi connectivity index (χ0) is 14.0. The first-order valence-corrected chi connectivity index (χ1v) is 7.49. The van der Waals surface area contributed by atoms with Gasteiger partial charge in [0, 0.05) is 22.7 Å². The van der Waals surface area contributed by atoms with Gasteiger partial charge in [-0.25, -0.2) is 13.1 Å². The van der Waals surface area contributed by atoms with E-state index in [0.717, 1.165) is 5.56 Å². The molecule has 0 radical (unpaired) electrons. The zero-order valence-corrected chi connectivity index (χ0v) is 12.0. The van der Waals surface area contributed by atoms with Gasteiger partial charge in [-0.05, 0) is 26.0 Å². The summed E-state index contributed by atoms with van der Waals surface area (Å²) in [7, 11) is -3.66. The maximum atomic E-state index is 11.9. The highest BCUT2D eigenvalue weighted by atomic mass is 35.5. The molecule has 0 spiro atoms. The number of halogens is 1. The standard InChI is InChI=1S/C12H13ClN2O3S/c1-8(2)15-19(16,17)12-7-11(14-18-12)9-3-5-10(13)6-4-9/h3-8,15H,1-2H3. The van der Waals surface area contributed by atoms with Crippen LogP contribution >= 0.6 is 11.6 Å². The van der Waals surface area contributed by atoms with E-state index >= 15 is 0 Å². The molecule has 0 fully saturated rings. The largest absolute Gasteiger partial charge is 0.343 e. The SMILES string of the molecule is CC(C)NS(=O)(=O)c1cc(-c2ccc(Cl)cc2)no1. The van der Waals surface area contributed by atoms with Crippen molar-refractivity contribution < 1.29 is 12.9 Å². The molecule has 5 nitrogen and oxygen atoms in total. The Kier molecular flexibility index (Phi) is 3.93. The molecule has 1 heterocycles. The van der Waals surface area contributed by atoms with E-state index < -0.39 is 10.0 Å². The van der Waals surface area contributed by atoms with Crippen LogP contribution in [0.1, 0.15) is 13.8 Å². The quantitative estimate of drug-likeness (QED) is 0.942. The second kappa shape index (κ2) is 5.32. The molecule has 1 N–H and O–H groups in total. The third kappa shape index (κ3) is 3.34. The van der Waals surface area contributed by atoms with Crippen molar-refractivity contribution in [3.05, 3.63) is 35.4 Å². The van der Waals surface area contributed by atoms with E-state index in [9.17, 15) is 8.42 Å². The molecule has 0 saturated heterocycles. The fourth-order valence-corrected chi connectivity index (χ4v) is 2.78. The van der Waals surface area contributed by atoms with Gasteiger partial charge in [-0.1, -0.05) is 28.9 Å². The summed E-state index contributed by atoms with van der Waals surface area (Å²) in [5.41, 5.74) is 1.18. The first kappa shape index (κ1) is 14.0. The number of nitrogens with zero attached hydrogens (tertiary/aromatic N) is 1. The summed E-state index contributed by atoms with van der Waals surface area (Å²) in [4.78, 5) is 0. The van der Waals surface area contributed by atoms with E-state index in [1.54, 1.807) is 38.1 Å². The topological polar surface area (TPSA) is 72.2 Å². The zero-order valence-electron chi connectivity index (χ0n) is 10.4.